The maximum atomic E-state index is 10.4. The number of rotatable bonds is 6. The predicted octanol–water partition coefficient (Wildman–Crippen LogP) is 3.39. The van der Waals surface area contributed by atoms with E-state index in [1.807, 2.05) is 6.92 Å². The quantitative estimate of drug-likeness (QED) is 0.843. The van der Waals surface area contributed by atoms with Crippen LogP contribution in [0.25, 0.3) is 0 Å². The zero-order valence-electron chi connectivity index (χ0n) is 10.5. The van der Waals surface area contributed by atoms with Crippen LogP contribution in [0.2, 0.25) is 0 Å². The monoisotopic (exact) mass is 254 g/mol. The third-order valence-corrected chi connectivity index (χ3v) is 4.51. The number of ether oxygens (including phenoxy) is 1. The highest BCUT2D eigenvalue weighted by Crippen LogP contribution is 2.37. The maximum Gasteiger partial charge on any atom is 0.0940 e. The minimum Gasteiger partial charge on any atom is -0.390 e. The molecule has 0 saturated heterocycles. The Morgan fingerprint density at radius 2 is 2.24 bits per heavy atom. The van der Waals surface area contributed by atoms with Crippen molar-refractivity contribution in [3.8, 4) is 0 Å². The predicted molar refractivity (Wildman–Crippen MR) is 71.5 cm³/mol. The van der Waals surface area contributed by atoms with E-state index < -0.39 is 0 Å². The van der Waals surface area contributed by atoms with E-state index in [0.717, 1.165) is 25.7 Å². The van der Waals surface area contributed by atoms with Crippen LogP contribution < -0.4 is 0 Å². The molecule has 1 saturated carbocycles. The summed E-state index contributed by atoms with van der Waals surface area (Å²) in [4.78, 5) is 0. The molecule has 96 valence electrons. The Labute approximate surface area is 108 Å². The lowest BCUT2D eigenvalue weighted by Crippen LogP contribution is -2.42. The van der Waals surface area contributed by atoms with Crippen molar-refractivity contribution in [3.63, 3.8) is 0 Å². The second-order valence-electron chi connectivity index (χ2n) is 4.89. The van der Waals surface area contributed by atoms with Crippen LogP contribution in [0.1, 0.15) is 44.6 Å². The van der Waals surface area contributed by atoms with Gasteiger partial charge in [0.15, 0.2) is 0 Å². The van der Waals surface area contributed by atoms with E-state index in [-0.39, 0.29) is 11.7 Å². The Balaban J connectivity index is 1.90. The summed E-state index contributed by atoms with van der Waals surface area (Å²) in [7, 11) is 0. The molecule has 2 nitrogen and oxygen atoms in total. The molecular formula is C14H22O2S. The maximum absolute atomic E-state index is 10.4. The van der Waals surface area contributed by atoms with Crippen molar-refractivity contribution in [1.82, 2.24) is 0 Å². The molecule has 3 heteroatoms. The first kappa shape index (κ1) is 13.1. The molecule has 1 N–H and O–H groups in total. The molecule has 1 aromatic heterocycles. The van der Waals surface area contributed by atoms with E-state index >= 15 is 0 Å². The van der Waals surface area contributed by atoms with Gasteiger partial charge in [0, 0.05) is 6.61 Å². The van der Waals surface area contributed by atoms with Gasteiger partial charge in [0.25, 0.3) is 0 Å². The molecule has 0 aromatic carbocycles. The first-order valence-corrected chi connectivity index (χ1v) is 7.54. The first-order chi connectivity index (χ1) is 8.27. The first-order valence-electron chi connectivity index (χ1n) is 6.60. The molecule has 0 aliphatic heterocycles. The van der Waals surface area contributed by atoms with Gasteiger partial charge in [-0.05, 0) is 55.0 Å². The van der Waals surface area contributed by atoms with E-state index in [2.05, 4.69) is 16.8 Å². The lowest BCUT2D eigenvalue weighted by molar-refractivity contribution is -0.118. The summed E-state index contributed by atoms with van der Waals surface area (Å²) in [5.41, 5.74) is 1.09. The van der Waals surface area contributed by atoms with Crippen LogP contribution in [0.15, 0.2) is 16.8 Å². The van der Waals surface area contributed by atoms with Crippen molar-refractivity contribution in [2.45, 2.75) is 57.2 Å². The highest BCUT2D eigenvalue weighted by atomic mass is 32.1. The molecule has 0 bridgehead atoms. The van der Waals surface area contributed by atoms with Crippen LogP contribution in [0.4, 0.5) is 0 Å². The fourth-order valence-electron chi connectivity index (χ4n) is 2.84. The summed E-state index contributed by atoms with van der Waals surface area (Å²) < 4.78 is 5.87. The van der Waals surface area contributed by atoms with E-state index in [0.29, 0.717) is 6.61 Å². The highest BCUT2D eigenvalue weighted by Gasteiger charge is 2.40. The fourth-order valence-corrected chi connectivity index (χ4v) is 3.54. The molecular weight excluding hydrogens is 232 g/mol. The summed E-state index contributed by atoms with van der Waals surface area (Å²) in [5.74, 6) is 0. The van der Waals surface area contributed by atoms with Gasteiger partial charge in [-0.15, -0.1) is 0 Å². The van der Waals surface area contributed by atoms with Crippen molar-refractivity contribution in [1.29, 1.82) is 0 Å². The lowest BCUT2D eigenvalue weighted by atomic mass is 9.90. The minimum atomic E-state index is -0.315. The van der Waals surface area contributed by atoms with Gasteiger partial charge >= 0.3 is 0 Å². The van der Waals surface area contributed by atoms with E-state index in [4.69, 9.17) is 4.74 Å². The molecule has 0 amide bonds. The van der Waals surface area contributed by atoms with Gasteiger partial charge in [-0.3, -0.25) is 0 Å². The van der Waals surface area contributed by atoms with Crippen LogP contribution in [0.3, 0.4) is 0 Å². The Kier molecular flexibility index (Phi) is 4.60. The van der Waals surface area contributed by atoms with Crippen molar-refractivity contribution >= 4 is 11.3 Å². The third kappa shape index (κ3) is 3.09. The lowest BCUT2D eigenvalue weighted by Gasteiger charge is -2.34. The normalized spacial score (nSPS) is 20.6. The summed E-state index contributed by atoms with van der Waals surface area (Å²) in [6, 6.07) is 2.14. The summed E-state index contributed by atoms with van der Waals surface area (Å²) in [6.45, 7) is 2.72. The number of hydrogen-bond acceptors (Lipinski definition) is 3. The van der Waals surface area contributed by atoms with E-state index in [1.54, 1.807) is 11.3 Å². The van der Waals surface area contributed by atoms with Crippen molar-refractivity contribution in [2.24, 2.45) is 0 Å². The Hall–Kier alpha value is -0.380. The van der Waals surface area contributed by atoms with Crippen LogP contribution >= 0.6 is 11.3 Å². The Bertz CT molecular complexity index is 315. The number of aliphatic hydroxyl groups is 1. The van der Waals surface area contributed by atoms with Crippen LogP contribution in [0, 0.1) is 0 Å². The summed E-state index contributed by atoms with van der Waals surface area (Å²) >= 11 is 1.72. The molecule has 1 aliphatic rings. The molecule has 1 atom stereocenters. The van der Waals surface area contributed by atoms with Gasteiger partial charge in [-0.1, -0.05) is 12.8 Å². The number of thiophene rings is 1. The third-order valence-electron chi connectivity index (χ3n) is 3.78. The average molecular weight is 254 g/mol. The smallest absolute Gasteiger partial charge is 0.0940 e. The second kappa shape index (κ2) is 5.98. The zero-order valence-corrected chi connectivity index (χ0v) is 11.3. The van der Waals surface area contributed by atoms with Crippen LogP contribution in [-0.4, -0.2) is 23.4 Å². The van der Waals surface area contributed by atoms with Gasteiger partial charge in [0.2, 0.25) is 0 Å². The molecule has 17 heavy (non-hydrogen) atoms. The molecule has 1 fully saturated rings. The Morgan fingerprint density at radius 1 is 1.47 bits per heavy atom. The van der Waals surface area contributed by atoms with E-state index in [1.165, 1.54) is 18.4 Å². The van der Waals surface area contributed by atoms with Crippen molar-refractivity contribution in [3.05, 3.63) is 22.4 Å². The van der Waals surface area contributed by atoms with Gasteiger partial charge in [-0.2, -0.15) is 11.3 Å². The van der Waals surface area contributed by atoms with Gasteiger partial charge in [0.1, 0.15) is 0 Å². The van der Waals surface area contributed by atoms with Crippen LogP contribution in [-0.2, 0) is 11.2 Å². The molecule has 1 aliphatic carbocycles. The molecule has 0 radical (unpaired) electrons. The molecule has 1 heterocycles. The van der Waals surface area contributed by atoms with Gasteiger partial charge in [-0.25, -0.2) is 0 Å². The average Bonchev–Trinajstić information content (AvgIpc) is 2.97. The topological polar surface area (TPSA) is 29.5 Å². The molecule has 0 spiro atoms. The Morgan fingerprint density at radius 3 is 2.82 bits per heavy atom. The SMILES string of the molecule is CCOC1(C(O)CCc2ccsc2)CCCC1. The van der Waals surface area contributed by atoms with Crippen LogP contribution in [0.5, 0.6) is 0 Å². The van der Waals surface area contributed by atoms with Gasteiger partial charge < -0.3 is 9.84 Å². The number of aryl methyl sites for hydroxylation is 1. The second-order valence-corrected chi connectivity index (χ2v) is 5.67. The fraction of sp³-hybridized carbons (Fsp3) is 0.714. The summed E-state index contributed by atoms with van der Waals surface area (Å²) in [6.07, 6.45) is 5.88. The minimum absolute atomic E-state index is 0.245. The largest absolute Gasteiger partial charge is 0.390 e. The highest BCUT2D eigenvalue weighted by molar-refractivity contribution is 7.07. The number of hydrogen-bond donors (Lipinski definition) is 1. The summed E-state index contributed by atoms with van der Waals surface area (Å²) in [5, 5.41) is 14.7. The van der Waals surface area contributed by atoms with Gasteiger partial charge in [0.05, 0.1) is 11.7 Å². The zero-order chi connectivity index (χ0) is 12.1. The molecule has 1 unspecified atom stereocenters. The molecule has 1 aromatic rings. The van der Waals surface area contributed by atoms with Crippen molar-refractivity contribution < 1.29 is 9.84 Å². The number of aliphatic hydroxyl groups excluding tert-OH is 1. The standard InChI is InChI=1S/C14H22O2S/c1-2-16-14(8-3-4-9-14)13(15)6-5-12-7-10-17-11-12/h7,10-11,13,15H,2-6,8-9H2,1H3. The molecule has 2 rings (SSSR count). The van der Waals surface area contributed by atoms with Crippen molar-refractivity contribution in [2.75, 3.05) is 6.61 Å². The van der Waals surface area contributed by atoms with E-state index in [9.17, 15) is 5.11 Å².